The normalized spacial score (nSPS) is 16.6. The van der Waals surface area contributed by atoms with Crippen LogP contribution in [0.3, 0.4) is 0 Å². The Kier molecular flexibility index (Phi) is 4.48. The van der Waals surface area contributed by atoms with Crippen molar-refractivity contribution in [2.24, 2.45) is 0 Å². The fourth-order valence-electron chi connectivity index (χ4n) is 3.30. The van der Waals surface area contributed by atoms with E-state index in [1.165, 1.54) is 0 Å². The largest absolute Gasteiger partial charge is 0.334 e. The molecule has 0 unspecified atom stereocenters. The molecule has 130 valence electrons. The third kappa shape index (κ3) is 3.16. The van der Waals surface area contributed by atoms with Crippen LogP contribution in [-0.4, -0.2) is 39.6 Å². The third-order valence-corrected chi connectivity index (χ3v) is 5.59. The summed E-state index contributed by atoms with van der Waals surface area (Å²) in [6.07, 6.45) is 3.05. The molecule has 2 aromatic rings. The Labute approximate surface area is 150 Å². The van der Waals surface area contributed by atoms with Crippen LogP contribution >= 0.6 is 11.8 Å². The van der Waals surface area contributed by atoms with Crippen molar-refractivity contribution in [2.75, 3.05) is 18.4 Å². The number of benzene rings is 1. The number of aromatic nitrogens is 2. The lowest BCUT2D eigenvalue weighted by atomic mass is 10.1. The van der Waals surface area contributed by atoms with E-state index in [9.17, 15) is 9.59 Å². The van der Waals surface area contributed by atoms with E-state index < -0.39 is 11.8 Å². The minimum Gasteiger partial charge on any atom is -0.334 e. The summed E-state index contributed by atoms with van der Waals surface area (Å²) >= 11 is 1.77. The maximum Gasteiger partial charge on any atom is 0.315 e. The Morgan fingerprint density at radius 1 is 1.04 bits per heavy atom. The molecule has 1 aromatic carbocycles. The van der Waals surface area contributed by atoms with Crippen LogP contribution in [0.5, 0.6) is 0 Å². The lowest BCUT2D eigenvalue weighted by Gasteiger charge is -2.26. The summed E-state index contributed by atoms with van der Waals surface area (Å²) in [6, 6.07) is 9.69. The second-order valence-electron chi connectivity index (χ2n) is 6.32. The maximum atomic E-state index is 12.5. The molecule has 2 amide bonds. The fourth-order valence-corrected chi connectivity index (χ4v) is 4.33. The van der Waals surface area contributed by atoms with Crippen molar-refractivity contribution < 1.29 is 9.59 Å². The number of fused-ring (bicyclic) bond motifs is 1. The molecule has 0 radical (unpaired) electrons. The first-order valence-corrected chi connectivity index (χ1v) is 9.73. The molecule has 2 aliphatic rings. The molecule has 1 fully saturated rings. The van der Waals surface area contributed by atoms with Gasteiger partial charge in [-0.3, -0.25) is 9.59 Å². The monoisotopic (exact) mass is 356 g/mol. The van der Waals surface area contributed by atoms with Gasteiger partial charge < -0.3 is 10.2 Å². The van der Waals surface area contributed by atoms with Gasteiger partial charge in [-0.05, 0) is 31.4 Å². The van der Waals surface area contributed by atoms with Gasteiger partial charge in [-0.25, -0.2) is 4.68 Å². The van der Waals surface area contributed by atoms with Gasteiger partial charge in [0.05, 0.1) is 11.4 Å². The zero-order valence-corrected chi connectivity index (χ0v) is 14.7. The number of likely N-dealkylation sites (tertiary alicyclic amines) is 1. The van der Waals surface area contributed by atoms with Crippen molar-refractivity contribution in [3.63, 3.8) is 0 Å². The molecule has 7 heteroatoms. The van der Waals surface area contributed by atoms with E-state index in [1.807, 2.05) is 30.3 Å². The van der Waals surface area contributed by atoms with Crippen LogP contribution in [0.1, 0.15) is 30.5 Å². The number of rotatable bonds is 2. The Hall–Kier alpha value is -2.28. The van der Waals surface area contributed by atoms with Gasteiger partial charge in [-0.1, -0.05) is 18.2 Å². The average Bonchev–Trinajstić information content (AvgIpc) is 3.25. The second-order valence-corrected chi connectivity index (χ2v) is 7.31. The van der Waals surface area contributed by atoms with Crippen LogP contribution in [0.2, 0.25) is 0 Å². The van der Waals surface area contributed by atoms with Gasteiger partial charge in [0, 0.05) is 30.2 Å². The summed E-state index contributed by atoms with van der Waals surface area (Å²) in [5.41, 5.74) is 2.88. The lowest BCUT2D eigenvalue weighted by Crippen LogP contribution is -2.42. The van der Waals surface area contributed by atoms with Crippen molar-refractivity contribution in [1.82, 2.24) is 14.7 Å². The van der Waals surface area contributed by atoms with E-state index in [-0.39, 0.29) is 0 Å². The number of carbonyl (C=O) groups excluding carboxylic acids is 2. The summed E-state index contributed by atoms with van der Waals surface area (Å²) in [7, 11) is 0. The molecule has 4 rings (SSSR count). The molecule has 2 aliphatic heterocycles. The number of nitrogens with one attached hydrogen (secondary N) is 1. The minimum absolute atomic E-state index is 0.445. The molecular formula is C18H20N4O2S. The van der Waals surface area contributed by atoms with E-state index in [2.05, 4.69) is 10.4 Å². The first-order chi connectivity index (χ1) is 12.2. The number of hydrogen-bond acceptors (Lipinski definition) is 4. The number of amides is 2. The SMILES string of the molecule is O=C(Nc1c2c(nn1-c1ccccc1)CSC2)C(=O)N1CCCCC1. The van der Waals surface area contributed by atoms with Crippen molar-refractivity contribution >= 4 is 29.4 Å². The first kappa shape index (κ1) is 16.2. The van der Waals surface area contributed by atoms with Gasteiger partial charge in [0.25, 0.3) is 0 Å². The Bertz CT molecular complexity index is 797. The molecule has 6 nitrogen and oxygen atoms in total. The van der Waals surface area contributed by atoms with Gasteiger partial charge in [-0.15, -0.1) is 0 Å². The summed E-state index contributed by atoms with van der Waals surface area (Å²) in [4.78, 5) is 26.6. The van der Waals surface area contributed by atoms with E-state index in [0.29, 0.717) is 18.9 Å². The highest BCUT2D eigenvalue weighted by Crippen LogP contribution is 2.36. The number of carbonyl (C=O) groups is 2. The molecule has 0 aliphatic carbocycles. The van der Waals surface area contributed by atoms with Crippen LogP contribution < -0.4 is 5.32 Å². The summed E-state index contributed by atoms with van der Waals surface area (Å²) in [6.45, 7) is 1.33. The molecular weight excluding hydrogens is 336 g/mol. The molecule has 0 atom stereocenters. The van der Waals surface area contributed by atoms with Crippen LogP contribution in [-0.2, 0) is 21.1 Å². The molecule has 1 aromatic heterocycles. The van der Waals surface area contributed by atoms with Gasteiger partial charge >= 0.3 is 11.8 Å². The van der Waals surface area contributed by atoms with Crippen LogP contribution in [0.25, 0.3) is 5.69 Å². The van der Waals surface area contributed by atoms with E-state index in [4.69, 9.17) is 0 Å². The summed E-state index contributed by atoms with van der Waals surface area (Å²) < 4.78 is 1.74. The topological polar surface area (TPSA) is 67.2 Å². The highest BCUT2D eigenvalue weighted by atomic mass is 32.2. The Balaban J connectivity index is 1.61. The molecule has 0 saturated carbocycles. The molecule has 0 spiro atoms. The standard InChI is InChI=1S/C18H20N4O2S/c23-17(18(24)21-9-5-2-6-10-21)19-16-14-11-25-12-15(14)20-22(16)13-7-3-1-4-8-13/h1,3-4,7-8H,2,5-6,9-12H2,(H,19,23). The fraction of sp³-hybridized carbons (Fsp3) is 0.389. The van der Waals surface area contributed by atoms with Gasteiger partial charge in [0.15, 0.2) is 0 Å². The van der Waals surface area contributed by atoms with Gasteiger partial charge in [0.1, 0.15) is 5.82 Å². The zero-order chi connectivity index (χ0) is 17.2. The average molecular weight is 356 g/mol. The van der Waals surface area contributed by atoms with Crippen LogP contribution in [0, 0.1) is 0 Å². The van der Waals surface area contributed by atoms with Gasteiger partial charge in [0.2, 0.25) is 0 Å². The number of hydrogen-bond donors (Lipinski definition) is 1. The van der Waals surface area contributed by atoms with E-state index >= 15 is 0 Å². The van der Waals surface area contributed by atoms with Crippen LogP contribution in [0.15, 0.2) is 30.3 Å². The Morgan fingerprint density at radius 3 is 2.56 bits per heavy atom. The van der Waals surface area contributed by atoms with Crippen molar-refractivity contribution in [2.45, 2.75) is 30.8 Å². The smallest absolute Gasteiger partial charge is 0.315 e. The highest BCUT2D eigenvalue weighted by Gasteiger charge is 2.28. The van der Waals surface area contributed by atoms with E-state index in [0.717, 1.165) is 47.7 Å². The van der Waals surface area contributed by atoms with Crippen molar-refractivity contribution in [3.8, 4) is 5.69 Å². The predicted molar refractivity (Wildman–Crippen MR) is 97.6 cm³/mol. The summed E-state index contributed by atoms with van der Waals surface area (Å²) in [5.74, 6) is 1.24. The number of anilines is 1. The molecule has 3 heterocycles. The molecule has 1 saturated heterocycles. The minimum atomic E-state index is -0.571. The number of nitrogens with zero attached hydrogens (tertiary/aromatic N) is 3. The van der Waals surface area contributed by atoms with Gasteiger partial charge in [-0.2, -0.15) is 16.9 Å². The van der Waals surface area contributed by atoms with E-state index in [1.54, 1.807) is 21.3 Å². The number of para-hydroxylation sites is 1. The highest BCUT2D eigenvalue weighted by molar-refractivity contribution is 7.98. The number of thioether (sulfide) groups is 1. The quantitative estimate of drug-likeness (QED) is 0.840. The van der Waals surface area contributed by atoms with Crippen molar-refractivity contribution in [3.05, 3.63) is 41.6 Å². The Morgan fingerprint density at radius 2 is 1.80 bits per heavy atom. The second kappa shape index (κ2) is 6.92. The molecule has 1 N–H and O–H groups in total. The molecule has 0 bridgehead atoms. The first-order valence-electron chi connectivity index (χ1n) is 8.58. The summed E-state index contributed by atoms with van der Waals surface area (Å²) in [5, 5.41) is 7.49. The number of piperidine rings is 1. The lowest BCUT2D eigenvalue weighted by molar-refractivity contribution is -0.143. The molecule has 25 heavy (non-hydrogen) atoms. The predicted octanol–water partition coefficient (Wildman–Crippen LogP) is 2.57. The van der Waals surface area contributed by atoms with Crippen molar-refractivity contribution in [1.29, 1.82) is 0 Å². The maximum absolute atomic E-state index is 12.5. The zero-order valence-electron chi connectivity index (χ0n) is 13.9. The third-order valence-electron chi connectivity index (χ3n) is 4.62. The van der Waals surface area contributed by atoms with Crippen LogP contribution in [0.4, 0.5) is 5.82 Å².